The van der Waals surface area contributed by atoms with Crippen LogP contribution in [0.25, 0.3) is 0 Å². The number of aromatic nitrogens is 2. The summed E-state index contributed by atoms with van der Waals surface area (Å²) in [7, 11) is 0. The van der Waals surface area contributed by atoms with Gasteiger partial charge >= 0.3 is 0 Å². The van der Waals surface area contributed by atoms with E-state index in [-0.39, 0.29) is 5.78 Å². The van der Waals surface area contributed by atoms with Gasteiger partial charge in [-0.1, -0.05) is 32.1 Å². The molecule has 15 heavy (non-hydrogen) atoms. The Bertz CT molecular complexity index is 318. The second-order valence-corrected chi connectivity index (χ2v) is 4.22. The maximum absolute atomic E-state index is 11.8. The van der Waals surface area contributed by atoms with Gasteiger partial charge in [-0.05, 0) is 5.92 Å². The van der Waals surface area contributed by atoms with E-state index >= 15 is 0 Å². The van der Waals surface area contributed by atoms with Gasteiger partial charge in [0.05, 0.1) is 6.20 Å². The van der Waals surface area contributed by atoms with Gasteiger partial charge in [0.1, 0.15) is 5.69 Å². The Morgan fingerprint density at radius 2 is 2.07 bits per heavy atom. The number of nitrogens with zero attached hydrogens (tertiary/aromatic N) is 2. The van der Waals surface area contributed by atoms with Crippen LogP contribution in [0.15, 0.2) is 18.6 Å². The summed E-state index contributed by atoms with van der Waals surface area (Å²) < 4.78 is 0. The first-order chi connectivity index (χ1) is 7.36. The summed E-state index contributed by atoms with van der Waals surface area (Å²) in [5.74, 6) is 0.725. The largest absolute Gasteiger partial charge is 0.292 e. The van der Waals surface area contributed by atoms with Gasteiger partial charge in [-0.25, -0.2) is 4.98 Å². The predicted octanol–water partition coefficient (Wildman–Crippen LogP) is 2.63. The van der Waals surface area contributed by atoms with E-state index in [1.54, 1.807) is 18.6 Å². The molecule has 1 heterocycles. The molecule has 1 aliphatic rings. The van der Waals surface area contributed by atoms with Crippen LogP contribution in [0, 0.1) is 5.92 Å². The first-order valence-electron chi connectivity index (χ1n) is 5.65. The van der Waals surface area contributed by atoms with Crippen LogP contribution in [0.3, 0.4) is 0 Å². The Hall–Kier alpha value is -1.25. The molecule has 1 saturated carbocycles. The van der Waals surface area contributed by atoms with Crippen LogP contribution in [0.1, 0.15) is 49.0 Å². The molecular weight excluding hydrogens is 188 g/mol. The lowest BCUT2D eigenvalue weighted by Crippen LogP contribution is -2.13. The Balaban J connectivity index is 1.91. The highest BCUT2D eigenvalue weighted by Crippen LogP contribution is 2.27. The molecule has 1 aliphatic carbocycles. The molecule has 0 atom stereocenters. The maximum atomic E-state index is 11.8. The van der Waals surface area contributed by atoms with Crippen molar-refractivity contribution in [2.24, 2.45) is 5.92 Å². The number of carbonyl (C=O) groups excluding carboxylic acids is 1. The van der Waals surface area contributed by atoms with Crippen molar-refractivity contribution in [2.45, 2.75) is 38.5 Å². The summed E-state index contributed by atoms with van der Waals surface area (Å²) in [6.45, 7) is 0. The van der Waals surface area contributed by atoms with Crippen LogP contribution in [0.5, 0.6) is 0 Å². The van der Waals surface area contributed by atoms with E-state index in [0.717, 1.165) is 0 Å². The summed E-state index contributed by atoms with van der Waals surface area (Å²) in [6, 6.07) is 0. The van der Waals surface area contributed by atoms with Crippen molar-refractivity contribution in [1.82, 2.24) is 9.97 Å². The third-order valence-corrected chi connectivity index (χ3v) is 3.05. The Morgan fingerprint density at radius 3 is 2.73 bits per heavy atom. The summed E-state index contributed by atoms with van der Waals surface area (Å²) in [6.07, 6.45) is 11.7. The Labute approximate surface area is 89.9 Å². The van der Waals surface area contributed by atoms with Crippen molar-refractivity contribution in [3.05, 3.63) is 24.3 Å². The molecule has 0 spiro atoms. The maximum Gasteiger partial charge on any atom is 0.183 e. The number of hydrogen-bond acceptors (Lipinski definition) is 3. The van der Waals surface area contributed by atoms with Crippen molar-refractivity contribution in [1.29, 1.82) is 0 Å². The van der Waals surface area contributed by atoms with E-state index in [4.69, 9.17) is 0 Å². The number of hydrogen-bond donors (Lipinski definition) is 0. The summed E-state index contributed by atoms with van der Waals surface area (Å²) in [5, 5.41) is 0. The smallest absolute Gasteiger partial charge is 0.183 e. The topological polar surface area (TPSA) is 42.9 Å². The fourth-order valence-corrected chi connectivity index (χ4v) is 2.20. The molecule has 0 N–H and O–H groups in total. The van der Waals surface area contributed by atoms with E-state index in [0.29, 0.717) is 18.0 Å². The van der Waals surface area contributed by atoms with E-state index in [9.17, 15) is 4.79 Å². The van der Waals surface area contributed by atoms with E-state index < -0.39 is 0 Å². The van der Waals surface area contributed by atoms with Crippen molar-refractivity contribution < 1.29 is 4.79 Å². The highest BCUT2D eigenvalue weighted by atomic mass is 16.1. The van der Waals surface area contributed by atoms with Crippen LogP contribution < -0.4 is 0 Å². The lowest BCUT2D eigenvalue weighted by Gasteiger charge is -2.20. The number of Topliss-reactive ketones (excluding diaryl/α,β-unsaturated/α-hetero) is 1. The summed E-state index contributed by atoms with van der Waals surface area (Å²) in [5.41, 5.74) is 0.517. The molecule has 0 bridgehead atoms. The SMILES string of the molecule is O=C(CC1CCCCC1)c1cnccn1. The fraction of sp³-hybridized carbons (Fsp3) is 0.583. The van der Waals surface area contributed by atoms with Gasteiger partial charge < -0.3 is 0 Å². The zero-order valence-electron chi connectivity index (χ0n) is 8.85. The second-order valence-electron chi connectivity index (χ2n) is 4.22. The molecule has 2 rings (SSSR count). The van der Waals surface area contributed by atoms with Gasteiger partial charge in [-0.2, -0.15) is 0 Å². The molecule has 80 valence electrons. The molecule has 0 amide bonds. The van der Waals surface area contributed by atoms with Crippen LogP contribution in [0.4, 0.5) is 0 Å². The molecule has 3 heteroatoms. The third kappa shape index (κ3) is 2.85. The third-order valence-electron chi connectivity index (χ3n) is 3.05. The molecule has 0 aromatic carbocycles. The Morgan fingerprint density at radius 1 is 1.27 bits per heavy atom. The van der Waals surface area contributed by atoms with Gasteiger partial charge in [0.25, 0.3) is 0 Å². The van der Waals surface area contributed by atoms with E-state index in [1.807, 2.05) is 0 Å². The van der Waals surface area contributed by atoms with Crippen molar-refractivity contribution >= 4 is 5.78 Å². The van der Waals surface area contributed by atoms with Gasteiger partial charge in [-0.15, -0.1) is 0 Å². The number of ketones is 1. The first kappa shape index (κ1) is 10.3. The monoisotopic (exact) mass is 204 g/mol. The minimum Gasteiger partial charge on any atom is -0.292 e. The quantitative estimate of drug-likeness (QED) is 0.711. The van der Waals surface area contributed by atoms with Crippen LogP contribution in [-0.2, 0) is 0 Å². The van der Waals surface area contributed by atoms with Gasteiger partial charge in [0.2, 0.25) is 0 Å². The number of carbonyl (C=O) groups is 1. The van der Waals surface area contributed by atoms with Gasteiger partial charge in [0.15, 0.2) is 5.78 Å². The van der Waals surface area contributed by atoms with Crippen LogP contribution >= 0.6 is 0 Å². The average Bonchev–Trinajstić information content (AvgIpc) is 2.31. The average molecular weight is 204 g/mol. The summed E-state index contributed by atoms with van der Waals surface area (Å²) in [4.78, 5) is 19.8. The fourth-order valence-electron chi connectivity index (χ4n) is 2.20. The molecule has 0 radical (unpaired) electrons. The Kier molecular flexibility index (Phi) is 3.43. The minimum absolute atomic E-state index is 0.148. The molecule has 1 aromatic heterocycles. The van der Waals surface area contributed by atoms with E-state index in [1.165, 1.54) is 32.1 Å². The van der Waals surface area contributed by atoms with Gasteiger partial charge in [0, 0.05) is 18.8 Å². The second kappa shape index (κ2) is 5.01. The molecule has 0 saturated heterocycles. The standard InChI is InChI=1S/C12H16N2O/c15-12(11-9-13-6-7-14-11)8-10-4-2-1-3-5-10/h6-7,9-10H,1-5,8H2. The number of rotatable bonds is 3. The van der Waals surface area contributed by atoms with Crippen LogP contribution in [-0.4, -0.2) is 15.8 Å². The molecular formula is C12H16N2O. The molecule has 0 aliphatic heterocycles. The molecule has 3 nitrogen and oxygen atoms in total. The normalized spacial score (nSPS) is 17.6. The van der Waals surface area contributed by atoms with Crippen molar-refractivity contribution in [2.75, 3.05) is 0 Å². The zero-order valence-corrected chi connectivity index (χ0v) is 8.85. The molecule has 1 aromatic rings. The summed E-state index contributed by atoms with van der Waals surface area (Å²) >= 11 is 0. The lowest BCUT2D eigenvalue weighted by atomic mass is 9.85. The highest BCUT2D eigenvalue weighted by Gasteiger charge is 2.18. The molecule has 1 fully saturated rings. The van der Waals surface area contributed by atoms with Crippen molar-refractivity contribution in [3.63, 3.8) is 0 Å². The predicted molar refractivity (Wildman–Crippen MR) is 57.6 cm³/mol. The lowest BCUT2D eigenvalue weighted by molar-refractivity contribution is 0.0945. The zero-order chi connectivity index (χ0) is 10.5. The van der Waals surface area contributed by atoms with Crippen molar-refractivity contribution in [3.8, 4) is 0 Å². The van der Waals surface area contributed by atoms with Crippen LogP contribution in [0.2, 0.25) is 0 Å². The minimum atomic E-state index is 0.148. The molecule has 0 unspecified atom stereocenters. The van der Waals surface area contributed by atoms with Gasteiger partial charge in [-0.3, -0.25) is 9.78 Å². The first-order valence-corrected chi connectivity index (χ1v) is 5.65. The van der Waals surface area contributed by atoms with E-state index in [2.05, 4.69) is 9.97 Å². The highest BCUT2D eigenvalue weighted by molar-refractivity contribution is 5.93.